The zero-order valence-electron chi connectivity index (χ0n) is 9.35. The van der Waals surface area contributed by atoms with Crippen molar-refractivity contribution in [2.24, 2.45) is 0 Å². The summed E-state index contributed by atoms with van der Waals surface area (Å²) in [4.78, 5) is 21.7. The zero-order valence-corrected chi connectivity index (χ0v) is 9.35. The van der Waals surface area contributed by atoms with Gasteiger partial charge in [0.15, 0.2) is 0 Å². The number of carbonyl (C=O) groups is 2. The summed E-state index contributed by atoms with van der Waals surface area (Å²) in [5.74, 6) is 0. The molecule has 6 heteroatoms. The van der Waals surface area contributed by atoms with Crippen LogP contribution in [0.15, 0.2) is 0 Å². The summed E-state index contributed by atoms with van der Waals surface area (Å²) in [7, 11) is 1.58. The van der Waals surface area contributed by atoms with Gasteiger partial charge in [0.05, 0.1) is 0 Å². The summed E-state index contributed by atoms with van der Waals surface area (Å²) in [6.07, 6.45) is 1.70. The van der Waals surface area contributed by atoms with E-state index in [0.717, 1.165) is 12.8 Å². The second-order valence-corrected chi connectivity index (χ2v) is 3.00. The normalized spacial score (nSPS) is 9.20. The number of rotatable bonds is 6. The Labute approximate surface area is 90.2 Å². The van der Waals surface area contributed by atoms with Crippen LogP contribution in [-0.2, 0) is 0 Å². The van der Waals surface area contributed by atoms with Crippen LogP contribution in [0.4, 0.5) is 9.59 Å². The third kappa shape index (κ3) is 8.86. The molecule has 0 atom stereocenters. The van der Waals surface area contributed by atoms with E-state index in [9.17, 15) is 9.59 Å². The van der Waals surface area contributed by atoms with Crippen LogP contribution in [0.3, 0.4) is 0 Å². The molecular weight excluding hydrogens is 196 g/mol. The molecule has 4 N–H and O–H groups in total. The molecule has 0 unspecified atom stereocenters. The van der Waals surface area contributed by atoms with Crippen molar-refractivity contribution in [2.75, 3.05) is 26.7 Å². The monoisotopic (exact) mass is 216 g/mol. The van der Waals surface area contributed by atoms with Crippen LogP contribution >= 0.6 is 0 Å². The second kappa shape index (κ2) is 9.11. The average Bonchev–Trinajstić information content (AvgIpc) is 2.23. The smallest absolute Gasteiger partial charge is 0.314 e. The summed E-state index contributed by atoms with van der Waals surface area (Å²) < 4.78 is 0. The first kappa shape index (κ1) is 13.5. The fourth-order valence-corrected chi connectivity index (χ4v) is 0.965. The highest BCUT2D eigenvalue weighted by molar-refractivity contribution is 5.73. The lowest BCUT2D eigenvalue weighted by Gasteiger charge is -2.06. The summed E-state index contributed by atoms with van der Waals surface area (Å²) in [6, 6.07) is -0.316. The van der Waals surface area contributed by atoms with Crippen LogP contribution in [0.5, 0.6) is 0 Å². The molecule has 0 aliphatic heterocycles. The Morgan fingerprint density at radius 1 is 0.933 bits per heavy atom. The van der Waals surface area contributed by atoms with Gasteiger partial charge < -0.3 is 21.3 Å². The van der Waals surface area contributed by atoms with Crippen molar-refractivity contribution in [1.29, 1.82) is 0 Å². The average molecular weight is 216 g/mol. The lowest BCUT2D eigenvalue weighted by atomic mass is 10.3. The van der Waals surface area contributed by atoms with Crippen molar-refractivity contribution >= 4 is 12.1 Å². The molecule has 0 radical (unpaired) electrons. The molecule has 15 heavy (non-hydrogen) atoms. The summed E-state index contributed by atoms with van der Waals surface area (Å²) >= 11 is 0. The van der Waals surface area contributed by atoms with Crippen molar-refractivity contribution in [3.8, 4) is 0 Å². The van der Waals surface area contributed by atoms with Crippen LogP contribution in [0.1, 0.15) is 19.8 Å². The van der Waals surface area contributed by atoms with Crippen molar-refractivity contribution in [3.63, 3.8) is 0 Å². The van der Waals surface area contributed by atoms with Gasteiger partial charge in [-0.25, -0.2) is 9.59 Å². The van der Waals surface area contributed by atoms with Crippen LogP contribution in [-0.4, -0.2) is 38.7 Å². The molecule has 0 saturated heterocycles. The van der Waals surface area contributed by atoms with Crippen LogP contribution in [0.2, 0.25) is 0 Å². The minimum absolute atomic E-state index is 0.142. The molecule has 0 bridgehead atoms. The van der Waals surface area contributed by atoms with E-state index in [-0.39, 0.29) is 12.1 Å². The highest BCUT2D eigenvalue weighted by Crippen LogP contribution is 1.84. The molecule has 0 aromatic rings. The fraction of sp³-hybridized carbons (Fsp3) is 0.778. The minimum Gasteiger partial charge on any atom is -0.341 e. The Hall–Kier alpha value is -1.46. The van der Waals surface area contributed by atoms with Gasteiger partial charge in [-0.2, -0.15) is 0 Å². The van der Waals surface area contributed by atoms with E-state index in [4.69, 9.17) is 0 Å². The number of carbonyl (C=O) groups excluding carboxylic acids is 2. The molecule has 0 heterocycles. The lowest BCUT2D eigenvalue weighted by molar-refractivity contribution is 0.239. The summed E-state index contributed by atoms with van der Waals surface area (Å²) in [6.45, 7) is 3.74. The fourth-order valence-electron chi connectivity index (χ4n) is 0.965. The van der Waals surface area contributed by atoms with Gasteiger partial charge in [-0.05, 0) is 19.8 Å². The molecule has 0 aromatic carbocycles. The molecule has 0 rings (SSSR count). The van der Waals surface area contributed by atoms with Gasteiger partial charge in [0.1, 0.15) is 0 Å². The molecular formula is C9H20N4O2. The van der Waals surface area contributed by atoms with Gasteiger partial charge in [0.2, 0.25) is 0 Å². The molecule has 0 saturated carbocycles. The Kier molecular flexibility index (Phi) is 8.22. The van der Waals surface area contributed by atoms with Gasteiger partial charge in [-0.1, -0.05) is 0 Å². The maximum atomic E-state index is 10.9. The molecule has 4 amide bonds. The van der Waals surface area contributed by atoms with Crippen LogP contribution in [0, 0.1) is 0 Å². The van der Waals surface area contributed by atoms with E-state index in [1.165, 1.54) is 0 Å². The Bertz CT molecular complexity index is 197. The van der Waals surface area contributed by atoms with E-state index in [1.54, 1.807) is 7.05 Å². The number of hydrogen-bond acceptors (Lipinski definition) is 2. The highest BCUT2D eigenvalue weighted by atomic mass is 16.2. The molecule has 0 spiro atoms. The maximum Gasteiger partial charge on any atom is 0.314 e. The van der Waals surface area contributed by atoms with Gasteiger partial charge >= 0.3 is 12.1 Å². The molecule has 6 nitrogen and oxygen atoms in total. The van der Waals surface area contributed by atoms with Crippen LogP contribution < -0.4 is 21.3 Å². The molecule has 0 fully saturated rings. The predicted octanol–water partition coefficient (Wildman–Crippen LogP) is 0.0147. The topological polar surface area (TPSA) is 82.3 Å². The number of urea groups is 2. The van der Waals surface area contributed by atoms with Crippen molar-refractivity contribution in [3.05, 3.63) is 0 Å². The quantitative estimate of drug-likeness (QED) is 0.472. The van der Waals surface area contributed by atoms with Gasteiger partial charge in [-0.3, -0.25) is 0 Å². The van der Waals surface area contributed by atoms with E-state index in [0.29, 0.717) is 19.6 Å². The van der Waals surface area contributed by atoms with Gasteiger partial charge in [-0.15, -0.1) is 0 Å². The molecule has 0 aliphatic rings. The largest absolute Gasteiger partial charge is 0.341 e. The Morgan fingerprint density at radius 3 is 1.93 bits per heavy atom. The lowest BCUT2D eigenvalue weighted by Crippen LogP contribution is -2.36. The standard InChI is InChI=1S/C9H20N4O2/c1-3-11-9(15)13-7-5-4-6-12-8(14)10-2/h3-7H2,1-2H3,(H2,10,12,14)(H2,11,13,15). The van der Waals surface area contributed by atoms with Crippen molar-refractivity contribution in [2.45, 2.75) is 19.8 Å². The first-order valence-corrected chi connectivity index (χ1v) is 5.18. The minimum atomic E-state index is -0.174. The number of hydrogen-bond donors (Lipinski definition) is 4. The predicted molar refractivity (Wildman–Crippen MR) is 58.8 cm³/mol. The van der Waals surface area contributed by atoms with E-state index in [2.05, 4.69) is 21.3 Å². The first-order valence-electron chi connectivity index (χ1n) is 5.18. The number of unbranched alkanes of at least 4 members (excludes halogenated alkanes) is 1. The molecule has 0 aromatic heterocycles. The highest BCUT2D eigenvalue weighted by Gasteiger charge is 1.97. The SMILES string of the molecule is CCNC(=O)NCCCCNC(=O)NC. The molecule has 88 valence electrons. The third-order valence-electron chi connectivity index (χ3n) is 1.74. The van der Waals surface area contributed by atoms with Crippen LogP contribution in [0.25, 0.3) is 0 Å². The number of nitrogens with one attached hydrogen (secondary N) is 4. The zero-order chi connectivity index (χ0) is 11.5. The summed E-state index contributed by atoms with van der Waals surface area (Å²) in [5, 5.41) is 10.5. The Balaban J connectivity index is 3.18. The summed E-state index contributed by atoms with van der Waals surface area (Å²) in [5.41, 5.74) is 0. The number of amides is 4. The van der Waals surface area contributed by atoms with Gasteiger partial charge in [0, 0.05) is 26.7 Å². The van der Waals surface area contributed by atoms with E-state index in [1.807, 2.05) is 6.92 Å². The maximum absolute atomic E-state index is 10.9. The van der Waals surface area contributed by atoms with E-state index >= 15 is 0 Å². The van der Waals surface area contributed by atoms with Gasteiger partial charge in [0.25, 0.3) is 0 Å². The first-order chi connectivity index (χ1) is 7.20. The van der Waals surface area contributed by atoms with Crippen molar-refractivity contribution < 1.29 is 9.59 Å². The Morgan fingerprint density at radius 2 is 1.47 bits per heavy atom. The third-order valence-corrected chi connectivity index (χ3v) is 1.74. The second-order valence-electron chi connectivity index (χ2n) is 3.00. The van der Waals surface area contributed by atoms with E-state index < -0.39 is 0 Å². The van der Waals surface area contributed by atoms with Crippen molar-refractivity contribution in [1.82, 2.24) is 21.3 Å². The molecule has 0 aliphatic carbocycles.